The van der Waals surface area contributed by atoms with Gasteiger partial charge in [0.1, 0.15) is 0 Å². The molecule has 0 atom stereocenters. The zero-order valence-corrected chi connectivity index (χ0v) is 11.3. The third-order valence-corrected chi connectivity index (χ3v) is 4.67. The predicted molar refractivity (Wildman–Crippen MR) is 72.5 cm³/mol. The van der Waals surface area contributed by atoms with Gasteiger partial charge >= 0.3 is 0 Å². The topological polar surface area (TPSA) is 60.2 Å². The minimum Gasteiger partial charge on any atom is -0.398 e. The van der Waals surface area contributed by atoms with Gasteiger partial charge in [-0.25, -0.2) is 8.42 Å². The third-order valence-electron chi connectivity index (χ3n) is 2.58. The maximum atomic E-state index is 12.4. The Morgan fingerprint density at radius 3 is 2.22 bits per heavy atom. The number of nitrogen functional groups attached to an aromatic ring is 1. The molecule has 0 bridgehead atoms. The summed E-state index contributed by atoms with van der Waals surface area (Å²) < 4.78 is 24.7. The molecule has 0 heterocycles. The maximum Gasteiger partial charge on any atom is 0.208 e. The van der Waals surface area contributed by atoms with Crippen molar-refractivity contribution in [2.75, 3.05) is 5.73 Å². The summed E-state index contributed by atoms with van der Waals surface area (Å²) in [5.41, 5.74) is 6.94. The first kappa shape index (κ1) is 12.9. The fourth-order valence-corrected chi connectivity index (χ4v) is 3.14. The molecule has 3 nitrogen and oxygen atoms in total. The SMILES string of the molecule is Cc1ccc(S(=O)(=O)c2ccc(Cl)cc2)c(N)c1. The van der Waals surface area contributed by atoms with E-state index in [0.29, 0.717) is 5.02 Å². The van der Waals surface area contributed by atoms with Crippen LogP contribution in [0.25, 0.3) is 0 Å². The van der Waals surface area contributed by atoms with E-state index in [4.69, 9.17) is 17.3 Å². The minimum atomic E-state index is -3.59. The zero-order valence-electron chi connectivity index (χ0n) is 9.72. The number of nitrogens with two attached hydrogens (primary N) is 1. The number of aryl methyl sites for hydroxylation is 1. The first-order chi connectivity index (χ1) is 8.41. The van der Waals surface area contributed by atoms with Crippen LogP contribution in [0.3, 0.4) is 0 Å². The van der Waals surface area contributed by atoms with Crippen LogP contribution in [0.2, 0.25) is 5.02 Å². The number of benzene rings is 2. The Kier molecular flexibility index (Phi) is 3.32. The van der Waals surface area contributed by atoms with Crippen LogP contribution in [-0.2, 0) is 9.84 Å². The summed E-state index contributed by atoms with van der Waals surface area (Å²) in [6, 6.07) is 10.9. The Hall–Kier alpha value is -1.52. The molecule has 2 rings (SSSR count). The molecule has 0 radical (unpaired) electrons. The molecule has 2 aromatic rings. The molecule has 0 amide bonds. The number of anilines is 1. The number of halogens is 1. The maximum absolute atomic E-state index is 12.4. The molecule has 0 aliphatic carbocycles. The van der Waals surface area contributed by atoms with Gasteiger partial charge in [0.05, 0.1) is 15.5 Å². The predicted octanol–water partition coefficient (Wildman–Crippen LogP) is 3.06. The second-order valence-corrected chi connectivity index (χ2v) is 6.35. The minimum absolute atomic E-state index is 0.121. The summed E-state index contributed by atoms with van der Waals surface area (Å²) in [6.07, 6.45) is 0. The zero-order chi connectivity index (χ0) is 13.3. The van der Waals surface area contributed by atoms with Crippen LogP contribution in [0, 0.1) is 6.92 Å². The molecule has 0 fully saturated rings. The molecule has 0 spiro atoms. The van der Waals surface area contributed by atoms with Crippen LogP contribution in [0.15, 0.2) is 52.3 Å². The summed E-state index contributed by atoms with van der Waals surface area (Å²) in [5.74, 6) is 0. The number of hydrogen-bond acceptors (Lipinski definition) is 3. The summed E-state index contributed by atoms with van der Waals surface area (Å²) >= 11 is 5.74. The van der Waals surface area contributed by atoms with Gasteiger partial charge in [-0.15, -0.1) is 0 Å². The van der Waals surface area contributed by atoms with Crippen molar-refractivity contribution in [2.45, 2.75) is 16.7 Å². The average molecular weight is 282 g/mol. The summed E-state index contributed by atoms with van der Waals surface area (Å²) in [4.78, 5) is 0.304. The molecular weight excluding hydrogens is 270 g/mol. The van der Waals surface area contributed by atoms with Gasteiger partial charge in [0.2, 0.25) is 9.84 Å². The molecule has 2 N–H and O–H groups in total. The Balaban J connectivity index is 2.58. The van der Waals surface area contributed by atoms with Crippen molar-refractivity contribution < 1.29 is 8.42 Å². The van der Waals surface area contributed by atoms with Crippen LogP contribution in [0.5, 0.6) is 0 Å². The van der Waals surface area contributed by atoms with E-state index in [0.717, 1.165) is 5.56 Å². The van der Waals surface area contributed by atoms with Crippen LogP contribution in [-0.4, -0.2) is 8.42 Å². The van der Waals surface area contributed by atoms with Crippen molar-refractivity contribution in [2.24, 2.45) is 0 Å². The summed E-state index contributed by atoms with van der Waals surface area (Å²) in [7, 11) is -3.59. The largest absolute Gasteiger partial charge is 0.398 e. The van der Waals surface area contributed by atoms with Gasteiger partial charge < -0.3 is 5.73 Å². The molecule has 0 unspecified atom stereocenters. The Labute approximate surface area is 111 Å². The van der Waals surface area contributed by atoms with E-state index >= 15 is 0 Å². The lowest BCUT2D eigenvalue weighted by Gasteiger charge is -2.08. The van der Waals surface area contributed by atoms with Crippen molar-refractivity contribution in [3.8, 4) is 0 Å². The van der Waals surface area contributed by atoms with E-state index in [9.17, 15) is 8.42 Å². The highest BCUT2D eigenvalue weighted by molar-refractivity contribution is 7.91. The highest BCUT2D eigenvalue weighted by Crippen LogP contribution is 2.27. The molecule has 0 aliphatic heterocycles. The van der Waals surface area contributed by atoms with Crippen LogP contribution < -0.4 is 5.73 Å². The molecule has 18 heavy (non-hydrogen) atoms. The van der Waals surface area contributed by atoms with Crippen molar-refractivity contribution in [3.05, 3.63) is 53.1 Å². The van der Waals surface area contributed by atoms with E-state index < -0.39 is 9.84 Å². The fraction of sp³-hybridized carbons (Fsp3) is 0.0769. The highest BCUT2D eigenvalue weighted by atomic mass is 35.5. The van der Waals surface area contributed by atoms with Crippen molar-refractivity contribution in [1.82, 2.24) is 0 Å². The molecule has 94 valence electrons. The quantitative estimate of drug-likeness (QED) is 0.861. The van der Waals surface area contributed by atoms with Gasteiger partial charge in [-0.1, -0.05) is 17.7 Å². The van der Waals surface area contributed by atoms with Crippen molar-refractivity contribution in [3.63, 3.8) is 0 Å². The average Bonchev–Trinajstić information content (AvgIpc) is 2.29. The van der Waals surface area contributed by atoms with E-state index in [1.807, 2.05) is 6.92 Å². The molecule has 0 aliphatic rings. The first-order valence-electron chi connectivity index (χ1n) is 5.28. The third kappa shape index (κ3) is 2.35. The highest BCUT2D eigenvalue weighted by Gasteiger charge is 2.20. The van der Waals surface area contributed by atoms with Gasteiger partial charge in [0.25, 0.3) is 0 Å². The number of rotatable bonds is 2. The van der Waals surface area contributed by atoms with Gasteiger partial charge in [-0.2, -0.15) is 0 Å². The first-order valence-corrected chi connectivity index (χ1v) is 7.14. The molecule has 0 saturated carbocycles. The van der Waals surface area contributed by atoms with Gasteiger partial charge in [0, 0.05) is 5.02 Å². The molecule has 2 aromatic carbocycles. The number of hydrogen-bond donors (Lipinski definition) is 1. The Morgan fingerprint density at radius 2 is 1.67 bits per heavy atom. The van der Waals surface area contributed by atoms with Gasteiger partial charge in [-0.05, 0) is 48.9 Å². The van der Waals surface area contributed by atoms with E-state index in [2.05, 4.69) is 0 Å². The second-order valence-electron chi connectivity index (χ2n) is 4.00. The molecule has 0 aromatic heterocycles. The summed E-state index contributed by atoms with van der Waals surface area (Å²) in [6.45, 7) is 1.86. The van der Waals surface area contributed by atoms with E-state index in [-0.39, 0.29) is 15.5 Å². The van der Waals surface area contributed by atoms with Crippen molar-refractivity contribution >= 4 is 27.1 Å². The van der Waals surface area contributed by atoms with Crippen molar-refractivity contribution in [1.29, 1.82) is 0 Å². The second kappa shape index (κ2) is 4.63. The fourth-order valence-electron chi connectivity index (χ4n) is 1.65. The standard InChI is InChI=1S/C13H12ClNO2S/c1-9-2-7-13(12(15)8-9)18(16,17)11-5-3-10(14)4-6-11/h2-8H,15H2,1H3. The van der Waals surface area contributed by atoms with E-state index in [1.54, 1.807) is 24.3 Å². The van der Waals surface area contributed by atoms with E-state index in [1.165, 1.54) is 18.2 Å². The molecule has 0 saturated heterocycles. The Bertz CT molecular complexity index is 679. The van der Waals surface area contributed by atoms with Crippen LogP contribution >= 0.6 is 11.6 Å². The summed E-state index contributed by atoms with van der Waals surface area (Å²) in [5, 5.41) is 0.492. The smallest absolute Gasteiger partial charge is 0.208 e. The monoisotopic (exact) mass is 281 g/mol. The van der Waals surface area contributed by atoms with Gasteiger partial charge in [-0.3, -0.25) is 0 Å². The molecular formula is C13H12ClNO2S. The lowest BCUT2D eigenvalue weighted by Crippen LogP contribution is -2.05. The van der Waals surface area contributed by atoms with Gasteiger partial charge in [0.15, 0.2) is 0 Å². The lowest BCUT2D eigenvalue weighted by molar-refractivity contribution is 0.596. The Morgan fingerprint density at radius 1 is 1.06 bits per heavy atom. The normalized spacial score (nSPS) is 11.4. The molecule has 5 heteroatoms. The lowest BCUT2D eigenvalue weighted by atomic mass is 10.2. The van der Waals surface area contributed by atoms with Crippen LogP contribution in [0.4, 0.5) is 5.69 Å². The van der Waals surface area contributed by atoms with Crippen LogP contribution in [0.1, 0.15) is 5.56 Å². The number of sulfone groups is 1.